The second-order valence-electron chi connectivity index (χ2n) is 9.60. The van der Waals surface area contributed by atoms with E-state index in [9.17, 15) is 9.59 Å². The van der Waals surface area contributed by atoms with E-state index in [0.29, 0.717) is 24.8 Å². The van der Waals surface area contributed by atoms with Gasteiger partial charge in [-0.15, -0.1) is 10.2 Å². The molecule has 34 heavy (non-hydrogen) atoms. The second kappa shape index (κ2) is 11.2. The number of amides is 2. The van der Waals surface area contributed by atoms with Crippen molar-refractivity contribution in [2.75, 3.05) is 45.0 Å². The van der Waals surface area contributed by atoms with Gasteiger partial charge in [-0.2, -0.15) is 0 Å². The monoisotopic (exact) mass is 488 g/mol. The van der Waals surface area contributed by atoms with Gasteiger partial charge >= 0.3 is 6.09 Å². The zero-order valence-electron chi connectivity index (χ0n) is 21.1. The molecule has 1 aromatic carbocycles. The zero-order valence-corrected chi connectivity index (χ0v) is 21.9. The molecule has 0 atom stereocenters. The topological polar surface area (TPSA) is 92.6 Å². The Kier molecular flexibility index (Phi) is 8.59. The highest BCUT2D eigenvalue weighted by atomic mass is 32.2. The van der Waals surface area contributed by atoms with Crippen molar-refractivity contribution in [3.63, 3.8) is 0 Å². The number of hydrogen-bond donors (Lipinski definition) is 1. The highest BCUT2D eigenvalue weighted by Gasteiger charge is 2.25. The van der Waals surface area contributed by atoms with Crippen molar-refractivity contribution in [3.8, 4) is 5.69 Å². The summed E-state index contributed by atoms with van der Waals surface area (Å²) >= 11 is 1.38. The van der Waals surface area contributed by atoms with E-state index in [2.05, 4.69) is 52.5 Å². The molecule has 2 amide bonds. The van der Waals surface area contributed by atoms with Crippen LogP contribution in [0.25, 0.3) is 5.69 Å². The maximum atomic E-state index is 12.4. The lowest BCUT2D eigenvalue weighted by atomic mass is 10.1. The SMILES string of the molecule is Cc1ccc(C)c(-n2c(C)nnc2SCC(=O)NCCN2CCN(C(=O)OC(C)(C)C)CC2)c1. The van der Waals surface area contributed by atoms with Crippen LogP contribution in [0.1, 0.15) is 37.7 Å². The molecule has 1 aliphatic rings. The van der Waals surface area contributed by atoms with Crippen LogP contribution in [0.4, 0.5) is 4.79 Å². The van der Waals surface area contributed by atoms with Gasteiger partial charge in [-0.25, -0.2) is 4.79 Å². The van der Waals surface area contributed by atoms with Gasteiger partial charge in [-0.05, 0) is 58.7 Å². The first-order chi connectivity index (χ1) is 16.0. The number of aryl methyl sites for hydroxylation is 3. The van der Waals surface area contributed by atoms with Gasteiger partial charge in [0.1, 0.15) is 11.4 Å². The molecule has 0 saturated carbocycles. The van der Waals surface area contributed by atoms with Gasteiger partial charge in [0.15, 0.2) is 5.16 Å². The minimum absolute atomic E-state index is 0.0365. The minimum Gasteiger partial charge on any atom is -0.444 e. The Morgan fingerprint density at radius 3 is 2.47 bits per heavy atom. The van der Waals surface area contributed by atoms with Crippen molar-refractivity contribution in [1.82, 2.24) is 29.9 Å². The van der Waals surface area contributed by atoms with Crippen LogP contribution in [0.3, 0.4) is 0 Å². The van der Waals surface area contributed by atoms with Crippen LogP contribution in [-0.2, 0) is 9.53 Å². The van der Waals surface area contributed by atoms with Crippen LogP contribution in [0.5, 0.6) is 0 Å². The number of benzene rings is 1. The number of carbonyl (C=O) groups excluding carboxylic acids is 2. The van der Waals surface area contributed by atoms with E-state index in [1.165, 1.54) is 11.8 Å². The molecule has 9 nitrogen and oxygen atoms in total. The highest BCUT2D eigenvalue weighted by Crippen LogP contribution is 2.24. The molecular formula is C24H36N6O3S. The van der Waals surface area contributed by atoms with E-state index in [1.54, 1.807) is 4.90 Å². The van der Waals surface area contributed by atoms with Gasteiger partial charge in [-0.1, -0.05) is 23.9 Å². The van der Waals surface area contributed by atoms with E-state index in [-0.39, 0.29) is 17.8 Å². The van der Waals surface area contributed by atoms with Crippen molar-refractivity contribution in [1.29, 1.82) is 0 Å². The summed E-state index contributed by atoms with van der Waals surface area (Å²) in [7, 11) is 0. The molecule has 1 fully saturated rings. The largest absolute Gasteiger partial charge is 0.444 e. The molecule has 1 saturated heterocycles. The van der Waals surface area contributed by atoms with Gasteiger partial charge in [0.25, 0.3) is 0 Å². The number of thioether (sulfide) groups is 1. The summed E-state index contributed by atoms with van der Waals surface area (Å²) in [5.41, 5.74) is 2.85. The van der Waals surface area contributed by atoms with E-state index in [1.807, 2.05) is 32.3 Å². The quantitative estimate of drug-likeness (QED) is 0.599. The fourth-order valence-corrected chi connectivity index (χ4v) is 4.51. The zero-order chi connectivity index (χ0) is 24.9. The second-order valence-corrected chi connectivity index (χ2v) is 10.5. The maximum absolute atomic E-state index is 12.4. The number of hydrogen-bond acceptors (Lipinski definition) is 7. The Morgan fingerprint density at radius 2 is 1.79 bits per heavy atom. The first-order valence-electron chi connectivity index (χ1n) is 11.6. The normalized spacial score (nSPS) is 14.8. The summed E-state index contributed by atoms with van der Waals surface area (Å²) in [5, 5.41) is 12.2. The van der Waals surface area contributed by atoms with Crippen LogP contribution in [-0.4, -0.2) is 87.2 Å². The Balaban J connectivity index is 1.42. The Labute approximate surface area is 206 Å². The minimum atomic E-state index is -0.485. The standard InChI is InChI=1S/C24H36N6O3S/c1-17-7-8-18(2)20(15-17)30-19(3)26-27-22(30)34-16-21(31)25-9-10-28-11-13-29(14-12-28)23(32)33-24(4,5)6/h7-8,15H,9-14,16H2,1-6H3,(H,25,31). The highest BCUT2D eigenvalue weighted by molar-refractivity contribution is 7.99. The smallest absolute Gasteiger partial charge is 0.410 e. The molecule has 10 heteroatoms. The third-order valence-corrected chi connectivity index (χ3v) is 6.44. The molecule has 3 rings (SSSR count). The molecule has 2 aromatic rings. The van der Waals surface area contributed by atoms with Gasteiger partial charge in [0.05, 0.1) is 11.4 Å². The first-order valence-corrected chi connectivity index (χ1v) is 12.6. The summed E-state index contributed by atoms with van der Waals surface area (Å²) in [6.07, 6.45) is -0.263. The predicted molar refractivity (Wildman–Crippen MR) is 134 cm³/mol. The third-order valence-electron chi connectivity index (χ3n) is 5.51. The molecule has 186 valence electrons. The van der Waals surface area contributed by atoms with Crippen LogP contribution >= 0.6 is 11.8 Å². The van der Waals surface area contributed by atoms with Crippen LogP contribution < -0.4 is 5.32 Å². The summed E-state index contributed by atoms with van der Waals surface area (Å²) in [6, 6.07) is 6.27. The van der Waals surface area contributed by atoms with Crippen molar-refractivity contribution in [3.05, 3.63) is 35.2 Å². The number of nitrogens with one attached hydrogen (secondary N) is 1. The van der Waals surface area contributed by atoms with Crippen LogP contribution in [0.15, 0.2) is 23.4 Å². The van der Waals surface area contributed by atoms with Gasteiger partial charge in [-0.3, -0.25) is 14.3 Å². The van der Waals surface area contributed by atoms with Crippen molar-refractivity contribution in [2.24, 2.45) is 0 Å². The lowest BCUT2D eigenvalue weighted by molar-refractivity contribution is -0.118. The lowest BCUT2D eigenvalue weighted by Gasteiger charge is -2.35. The Morgan fingerprint density at radius 1 is 1.09 bits per heavy atom. The molecule has 0 aliphatic carbocycles. The number of piperazine rings is 1. The average molecular weight is 489 g/mol. The summed E-state index contributed by atoms with van der Waals surface area (Å²) < 4.78 is 7.44. The third kappa shape index (κ3) is 7.20. The maximum Gasteiger partial charge on any atom is 0.410 e. The Bertz CT molecular complexity index is 1010. The predicted octanol–water partition coefficient (Wildman–Crippen LogP) is 2.95. The van der Waals surface area contributed by atoms with Gasteiger partial charge in [0, 0.05) is 39.3 Å². The number of nitrogens with zero attached hydrogens (tertiary/aromatic N) is 5. The van der Waals surface area contributed by atoms with Crippen LogP contribution in [0, 0.1) is 20.8 Å². The van der Waals surface area contributed by atoms with Gasteiger partial charge < -0.3 is 15.0 Å². The molecule has 1 aliphatic heterocycles. The van der Waals surface area contributed by atoms with Gasteiger partial charge in [0.2, 0.25) is 5.91 Å². The molecule has 2 heterocycles. The van der Waals surface area contributed by atoms with E-state index >= 15 is 0 Å². The van der Waals surface area contributed by atoms with Crippen LogP contribution in [0.2, 0.25) is 0 Å². The number of aromatic nitrogens is 3. The Hall–Kier alpha value is -2.59. The fourth-order valence-electron chi connectivity index (χ4n) is 3.69. The molecule has 0 radical (unpaired) electrons. The molecule has 1 aromatic heterocycles. The summed E-state index contributed by atoms with van der Waals surface area (Å²) in [6.45, 7) is 15.8. The summed E-state index contributed by atoms with van der Waals surface area (Å²) in [4.78, 5) is 28.6. The molecule has 0 bridgehead atoms. The lowest BCUT2D eigenvalue weighted by Crippen LogP contribution is -2.51. The number of rotatable bonds is 7. The first kappa shape index (κ1) is 26.0. The van der Waals surface area contributed by atoms with E-state index in [0.717, 1.165) is 42.3 Å². The fraction of sp³-hybridized carbons (Fsp3) is 0.583. The number of carbonyl (C=O) groups is 2. The summed E-state index contributed by atoms with van der Waals surface area (Å²) in [5.74, 6) is 1.03. The average Bonchev–Trinajstić information content (AvgIpc) is 3.13. The van der Waals surface area contributed by atoms with Crippen molar-refractivity contribution >= 4 is 23.8 Å². The molecule has 0 unspecified atom stereocenters. The van der Waals surface area contributed by atoms with E-state index in [4.69, 9.17) is 4.74 Å². The van der Waals surface area contributed by atoms with Crippen molar-refractivity contribution in [2.45, 2.75) is 52.3 Å². The molecule has 0 spiro atoms. The number of ether oxygens (including phenoxy) is 1. The van der Waals surface area contributed by atoms with Crippen molar-refractivity contribution < 1.29 is 14.3 Å². The van der Waals surface area contributed by atoms with E-state index < -0.39 is 5.60 Å². The molecule has 1 N–H and O–H groups in total. The molecular weight excluding hydrogens is 452 g/mol.